The van der Waals surface area contributed by atoms with E-state index in [9.17, 15) is 0 Å². The van der Waals surface area contributed by atoms with Crippen LogP contribution in [0.5, 0.6) is 0 Å². The van der Waals surface area contributed by atoms with Gasteiger partial charge in [-0.1, -0.05) is 0 Å². The third-order valence-electron chi connectivity index (χ3n) is 2.16. The molecule has 76 valence electrons. The van der Waals surface area contributed by atoms with Gasteiger partial charge in [0, 0.05) is 37.9 Å². The molecule has 0 unspecified atom stereocenters. The monoisotopic (exact) mass is 199 g/mol. The fraction of sp³-hybridized carbons (Fsp3) is 0.167. The molecule has 2 aromatic rings. The van der Waals surface area contributed by atoms with Crippen LogP contribution in [-0.4, -0.2) is 9.97 Å². The normalized spacial score (nSPS) is 10.1. The van der Waals surface area contributed by atoms with Crippen molar-refractivity contribution in [1.82, 2.24) is 15.3 Å². The summed E-state index contributed by atoms with van der Waals surface area (Å²) < 4.78 is 0. The lowest BCUT2D eigenvalue weighted by Gasteiger charge is -2.04. The Balaban J connectivity index is 1.81. The molecule has 0 spiro atoms. The molecule has 0 amide bonds. The molecule has 0 fully saturated rings. The fourth-order valence-electron chi connectivity index (χ4n) is 1.35. The van der Waals surface area contributed by atoms with Crippen molar-refractivity contribution in [3.05, 3.63) is 60.2 Å². The first-order chi connectivity index (χ1) is 7.45. The summed E-state index contributed by atoms with van der Waals surface area (Å²) >= 11 is 0. The summed E-state index contributed by atoms with van der Waals surface area (Å²) in [6, 6.07) is 8.05. The van der Waals surface area contributed by atoms with Gasteiger partial charge in [-0.05, 0) is 35.4 Å². The first-order valence-corrected chi connectivity index (χ1v) is 4.94. The topological polar surface area (TPSA) is 37.8 Å². The lowest BCUT2D eigenvalue weighted by atomic mass is 10.2. The molecule has 2 aromatic heterocycles. The van der Waals surface area contributed by atoms with Crippen molar-refractivity contribution in [2.24, 2.45) is 0 Å². The van der Waals surface area contributed by atoms with Gasteiger partial charge in [-0.3, -0.25) is 9.97 Å². The number of pyridine rings is 2. The van der Waals surface area contributed by atoms with Crippen LogP contribution in [0.2, 0.25) is 0 Å². The van der Waals surface area contributed by atoms with Crippen LogP contribution in [-0.2, 0) is 13.1 Å². The van der Waals surface area contributed by atoms with Gasteiger partial charge in [0.05, 0.1) is 0 Å². The summed E-state index contributed by atoms with van der Waals surface area (Å²) in [4.78, 5) is 7.95. The standard InChI is InChI=1S/C12H13N3/c1-5-13-6-2-11(1)9-15-10-12-3-7-14-8-4-12/h1-8,15H,9-10H2. The Morgan fingerprint density at radius 1 is 0.733 bits per heavy atom. The van der Waals surface area contributed by atoms with E-state index in [2.05, 4.69) is 15.3 Å². The van der Waals surface area contributed by atoms with Gasteiger partial charge in [0.25, 0.3) is 0 Å². The zero-order valence-corrected chi connectivity index (χ0v) is 8.43. The van der Waals surface area contributed by atoms with Crippen LogP contribution in [0.25, 0.3) is 0 Å². The molecule has 0 aliphatic heterocycles. The van der Waals surface area contributed by atoms with Crippen LogP contribution in [0.15, 0.2) is 49.1 Å². The minimum absolute atomic E-state index is 0.866. The third kappa shape index (κ3) is 3.14. The van der Waals surface area contributed by atoms with Gasteiger partial charge < -0.3 is 5.32 Å². The molecule has 2 rings (SSSR count). The largest absolute Gasteiger partial charge is 0.309 e. The molecule has 0 atom stereocenters. The molecule has 2 heterocycles. The third-order valence-corrected chi connectivity index (χ3v) is 2.16. The van der Waals surface area contributed by atoms with E-state index < -0.39 is 0 Å². The molecule has 3 heteroatoms. The predicted molar refractivity (Wildman–Crippen MR) is 59.0 cm³/mol. The minimum Gasteiger partial charge on any atom is -0.309 e. The number of rotatable bonds is 4. The highest BCUT2D eigenvalue weighted by Gasteiger charge is 1.92. The zero-order chi connectivity index (χ0) is 10.3. The van der Waals surface area contributed by atoms with Crippen molar-refractivity contribution in [2.75, 3.05) is 0 Å². The number of nitrogens with one attached hydrogen (secondary N) is 1. The lowest BCUT2D eigenvalue weighted by molar-refractivity contribution is 0.692. The summed E-state index contributed by atoms with van der Waals surface area (Å²) in [6.07, 6.45) is 7.24. The van der Waals surface area contributed by atoms with Crippen LogP contribution in [0.4, 0.5) is 0 Å². The molecule has 0 aliphatic rings. The summed E-state index contributed by atoms with van der Waals surface area (Å²) in [7, 11) is 0. The number of hydrogen-bond donors (Lipinski definition) is 1. The number of hydrogen-bond acceptors (Lipinski definition) is 3. The van der Waals surface area contributed by atoms with Crippen LogP contribution >= 0.6 is 0 Å². The van der Waals surface area contributed by atoms with Crippen molar-refractivity contribution in [2.45, 2.75) is 13.1 Å². The van der Waals surface area contributed by atoms with E-state index in [0.717, 1.165) is 13.1 Å². The van der Waals surface area contributed by atoms with Crippen molar-refractivity contribution >= 4 is 0 Å². The van der Waals surface area contributed by atoms with E-state index >= 15 is 0 Å². The smallest absolute Gasteiger partial charge is 0.0271 e. The number of aromatic nitrogens is 2. The van der Waals surface area contributed by atoms with Gasteiger partial charge in [0.15, 0.2) is 0 Å². The maximum absolute atomic E-state index is 3.98. The average Bonchev–Trinajstić information content (AvgIpc) is 2.32. The van der Waals surface area contributed by atoms with Crippen LogP contribution in [0, 0.1) is 0 Å². The van der Waals surface area contributed by atoms with E-state index in [4.69, 9.17) is 0 Å². The predicted octanol–water partition coefficient (Wildman–Crippen LogP) is 1.77. The molecule has 0 aromatic carbocycles. The maximum Gasteiger partial charge on any atom is 0.0271 e. The molecular weight excluding hydrogens is 186 g/mol. The zero-order valence-electron chi connectivity index (χ0n) is 8.43. The summed E-state index contributed by atoms with van der Waals surface area (Å²) in [6.45, 7) is 1.73. The minimum atomic E-state index is 0.866. The van der Waals surface area contributed by atoms with Crippen molar-refractivity contribution < 1.29 is 0 Å². The van der Waals surface area contributed by atoms with Gasteiger partial charge in [-0.2, -0.15) is 0 Å². The SMILES string of the molecule is c1cc(CNCc2ccncc2)ccn1. The van der Waals surface area contributed by atoms with Gasteiger partial charge in [-0.25, -0.2) is 0 Å². The van der Waals surface area contributed by atoms with Crippen LogP contribution in [0.1, 0.15) is 11.1 Å². The highest BCUT2D eigenvalue weighted by molar-refractivity contribution is 5.11. The quantitative estimate of drug-likeness (QED) is 0.815. The van der Waals surface area contributed by atoms with Crippen LogP contribution < -0.4 is 5.32 Å². The van der Waals surface area contributed by atoms with E-state index in [-0.39, 0.29) is 0 Å². The van der Waals surface area contributed by atoms with Gasteiger partial charge in [0.1, 0.15) is 0 Å². The Morgan fingerprint density at radius 3 is 1.53 bits per heavy atom. The molecule has 0 bridgehead atoms. The average molecular weight is 199 g/mol. The summed E-state index contributed by atoms with van der Waals surface area (Å²) in [5.74, 6) is 0. The number of nitrogens with zero attached hydrogens (tertiary/aromatic N) is 2. The van der Waals surface area contributed by atoms with Gasteiger partial charge >= 0.3 is 0 Å². The van der Waals surface area contributed by atoms with Crippen LogP contribution in [0.3, 0.4) is 0 Å². The molecule has 0 aliphatic carbocycles. The second-order valence-electron chi connectivity index (χ2n) is 3.31. The van der Waals surface area contributed by atoms with Gasteiger partial charge in [-0.15, -0.1) is 0 Å². The molecular formula is C12H13N3. The van der Waals surface area contributed by atoms with E-state index in [0.29, 0.717) is 0 Å². The van der Waals surface area contributed by atoms with Gasteiger partial charge in [0.2, 0.25) is 0 Å². The molecule has 3 nitrogen and oxygen atoms in total. The fourth-order valence-corrected chi connectivity index (χ4v) is 1.35. The second-order valence-corrected chi connectivity index (χ2v) is 3.31. The summed E-state index contributed by atoms with van der Waals surface area (Å²) in [5, 5.41) is 3.36. The molecule has 15 heavy (non-hydrogen) atoms. The Kier molecular flexibility index (Phi) is 3.41. The molecule has 1 N–H and O–H groups in total. The highest BCUT2D eigenvalue weighted by Crippen LogP contribution is 1.98. The molecule has 0 radical (unpaired) electrons. The lowest BCUT2D eigenvalue weighted by Crippen LogP contribution is -2.12. The second kappa shape index (κ2) is 5.22. The van der Waals surface area contributed by atoms with E-state index in [1.807, 2.05) is 49.1 Å². The molecule has 0 saturated heterocycles. The maximum atomic E-state index is 3.98. The Hall–Kier alpha value is -1.74. The van der Waals surface area contributed by atoms with Crippen molar-refractivity contribution in [1.29, 1.82) is 0 Å². The summed E-state index contributed by atoms with van der Waals surface area (Å²) in [5.41, 5.74) is 2.50. The van der Waals surface area contributed by atoms with Crippen molar-refractivity contribution in [3.8, 4) is 0 Å². The van der Waals surface area contributed by atoms with E-state index in [1.165, 1.54) is 11.1 Å². The van der Waals surface area contributed by atoms with E-state index in [1.54, 1.807) is 0 Å². The molecule has 0 saturated carbocycles. The first kappa shape index (κ1) is 9.80. The Bertz CT molecular complexity index is 347. The van der Waals surface area contributed by atoms with Crippen molar-refractivity contribution in [3.63, 3.8) is 0 Å². The Labute approximate surface area is 89.2 Å². The first-order valence-electron chi connectivity index (χ1n) is 4.94. The Morgan fingerprint density at radius 2 is 1.13 bits per heavy atom. The highest BCUT2D eigenvalue weighted by atomic mass is 14.8.